The molecule has 1 amide bonds. The van der Waals surface area contributed by atoms with Gasteiger partial charge < -0.3 is 20.5 Å². The number of rotatable bonds is 6. The van der Waals surface area contributed by atoms with Crippen LogP contribution in [-0.4, -0.2) is 26.2 Å². The van der Waals surface area contributed by atoms with E-state index >= 15 is 0 Å². The summed E-state index contributed by atoms with van der Waals surface area (Å²) in [4.78, 5) is 12.1. The van der Waals surface area contributed by atoms with Gasteiger partial charge in [0, 0.05) is 19.0 Å². The Kier molecular flexibility index (Phi) is 6.07. The molecule has 22 heavy (non-hydrogen) atoms. The highest BCUT2D eigenvalue weighted by atomic mass is 16.5. The SMILES string of the molecule is COc1ccc(CNC(=O)CC2CCCCC2N)cc1OC. The zero-order valence-corrected chi connectivity index (χ0v) is 13.4. The highest BCUT2D eigenvalue weighted by Crippen LogP contribution is 2.28. The van der Waals surface area contributed by atoms with Gasteiger partial charge in [0.05, 0.1) is 14.2 Å². The van der Waals surface area contributed by atoms with E-state index in [1.807, 2.05) is 18.2 Å². The topological polar surface area (TPSA) is 73.6 Å². The predicted molar refractivity (Wildman–Crippen MR) is 85.9 cm³/mol. The van der Waals surface area contributed by atoms with Crippen molar-refractivity contribution >= 4 is 5.91 Å². The minimum absolute atomic E-state index is 0.0668. The van der Waals surface area contributed by atoms with Crippen LogP contribution < -0.4 is 20.5 Å². The highest BCUT2D eigenvalue weighted by Gasteiger charge is 2.23. The molecule has 0 bridgehead atoms. The van der Waals surface area contributed by atoms with Crippen LogP contribution in [-0.2, 0) is 11.3 Å². The molecule has 2 unspecified atom stereocenters. The molecule has 0 heterocycles. The van der Waals surface area contributed by atoms with Crippen LogP contribution in [0.25, 0.3) is 0 Å². The monoisotopic (exact) mass is 306 g/mol. The van der Waals surface area contributed by atoms with Crippen molar-refractivity contribution < 1.29 is 14.3 Å². The lowest BCUT2D eigenvalue weighted by molar-refractivity contribution is -0.122. The van der Waals surface area contributed by atoms with Crippen LogP contribution in [0.3, 0.4) is 0 Å². The molecule has 2 rings (SSSR count). The Balaban J connectivity index is 1.85. The Bertz CT molecular complexity index is 505. The van der Waals surface area contributed by atoms with Crippen molar-refractivity contribution in [3.05, 3.63) is 23.8 Å². The van der Waals surface area contributed by atoms with Crippen molar-refractivity contribution in [3.8, 4) is 11.5 Å². The van der Waals surface area contributed by atoms with Crippen LogP contribution in [0.15, 0.2) is 18.2 Å². The maximum absolute atomic E-state index is 12.1. The quantitative estimate of drug-likeness (QED) is 0.845. The summed E-state index contributed by atoms with van der Waals surface area (Å²) in [6.45, 7) is 0.487. The zero-order chi connectivity index (χ0) is 15.9. The maximum Gasteiger partial charge on any atom is 0.220 e. The first kappa shape index (κ1) is 16.6. The van der Waals surface area contributed by atoms with Gasteiger partial charge in [0.15, 0.2) is 11.5 Å². The average Bonchev–Trinajstić information content (AvgIpc) is 2.54. The summed E-state index contributed by atoms with van der Waals surface area (Å²) in [6, 6.07) is 5.82. The number of ether oxygens (including phenoxy) is 2. The molecule has 5 nitrogen and oxygen atoms in total. The molecule has 5 heteroatoms. The van der Waals surface area contributed by atoms with E-state index in [0.29, 0.717) is 30.4 Å². The van der Waals surface area contributed by atoms with Gasteiger partial charge in [0.2, 0.25) is 5.91 Å². The summed E-state index contributed by atoms with van der Waals surface area (Å²) >= 11 is 0. The molecule has 3 N–H and O–H groups in total. The number of benzene rings is 1. The van der Waals surface area contributed by atoms with Crippen LogP contribution in [0.2, 0.25) is 0 Å². The molecule has 1 aromatic carbocycles. The minimum atomic E-state index is 0.0668. The van der Waals surface area contributed by atoms with Gasteiger partial charge >= 0.3 is 0 Å². The number of nitrogens with one attached hydrogen (secondary N) is 1. The molecule has 2 atom stereocenters. The van der Waals surface area contributed by atoms with Crippen LogP contribution in [0.5, 0.6) is 11.5 Å². The van der Waals surface area contributed by atoms with E-state index in [1.54, 1.807) is 14.2 Å². The third kappa shape index (κ3) is 4.37. The van der Waals surface area contributed by atoms with Crippen molar-refractivity contribution in [3.63, 3.8) is 0 Å². The van der Waals surface area contributed by atoms with Crippen LogP contribution in [0.1, 0.15) is 37.7 Å². The molecule has 122 valence electrons. The molecule has 0 spiro atoms. The number of hydrogen-bond donors (Lipinski definition) is 2. The van der Waals surface area contributed by atoms with E-state index in [2.05, 4.69) is 5.32 Å². The Morgan fingerprint density at radius 1 is 1.23 bits per heavy atom. The molecule has 1 fully saturated rings. The molecular formula is C17H26N2O3. The van der Waals surface area contributed by atoms with E-state index in [9.17, 15) is 4.79 Å². The first-order valence-electron chi connectivity index (χ1n) is 7.87. The van der Waals surface area contributed by atoms with E-state index in [4.69, 9.17) is 15.2 Å². The van der Waals surface area contributed by atoms with Crippen LogP contribution in [0, 0.1) is 5.92 Å². The smallest absolute Gasteiger partial charge is 0.220 e. The second-order valence-electron chi connectivity index (χ2n) is 5.88. The van der Waals surface area contributed by atoms with Crippen LogP contribution >= 0.6 is 0 Å². The molecule has 1 saturated carbocycles. The summed E-state index contributed by atoms with van der Waals surface area (Å²) in [5.41, 5.74) is 7.08. The zero-order valence-electron chi connectivity index (χ0n) is 13.4. The highest BCUT2D eigenvalue weighted by molar-refractivity contribution is 5.76. The average molecular weight is 306 g/mol. The minimum Gasteiger partial charge on any atom is -0.493 e. The normalized spacial score (nSPS) is 21.2. The summed E-state index contributed by atoms with van der Waals surface area (Å²) in [7, 11) is 3.21. The summed E-state index contributed by atoms with van der Waals surface area (Å²) in [5, 5.41) is 2.96. The van der Waals surface area contributed by atoms with Crippen molar-refractivity contribution in [1.82, 2.24) is 5.32 Å². The van der Waals surface area contributed by atoms with Gasteiger partial charge in [-0.05, 0) is 36.5 Å². The van der Waals surface area contributed by atoms with E-state index in [0.717, 1.165) is 18.4 Å². The van der Waals surface area contributed by atoms with Gasteiger partial charge in [-0.2, -0.15) is 0 Å². The standard InChI is InChI=1S/C17H26N2O3/c1-21-15-8-7-12(9-16(15)22-2)11-19-17(20)10-13-5-3-4-6-14(13)18/h7-9,13-14H,3-6,10-11,18H2,1-2H3,(H,19,20). The Hall–Kier alpha value is -1.75. The second-order valence-corrected chi connectivity index (χ2v) is 5.88. The summed E-state index contributed by atoms with van der Waals surface area (Å²) in [5.74, 6) is 1.74. The van der Waals surface area contributed by atoms with Crippen LogP contribution in [0.4, 0.5) is 0 Å². The van der Waals surface area contributed by atoms with E-state index in [1.165, 1.54) is 12.8 Å². The molecule has 1 aliphatic carbocycles. The lowest BCUT2D eigenvalue weighted by Crippen LogP contribution is -2.36. The predicted octanol–water partition coefficient (Wildman–Crippen LogP) is 2.23. The van der Waals surface area contributed by atoms with Crippen molar-refractivity contribution in [2.45, 2.75) is 44.7 Å². The molecular weight excluding hydrogens is 280 g/mol. The lowest BCUT2D eigenvalue weighted by Gasteiger charge is -2.27. The number of carbonyl (C=O) groups is 1. The number of carbonyl (C=O) groups excluding carboxylic acids is 1. The van der Waals surface area contributed by atoms with Gasteiger partial charge in [-0.1, -0.05) is 18.9 Å². The Morgan fingerprint density at radius 3 is 2.64 bits per heavy atom. The van der Waals surface area contributed by atoms with Gasteiger partial charge in [0.1, 0.15) is 0 Å². The van der Waals surface area contributed by atoms with Gasteiger partial charge in [-0.15, -0.1) is 0 Å². The third-order valence-electron chi connectivity index (χ3n) is 4.35. The number of hydrogen-bond acceptors (Lipinski definition) is 4. The summed E-state index contributed by atoms with van der Waals surface area (Å²) < 4.78 is 10.5. The van der Waals surface area contributed by atoms with Gasteiger partial charge in [-0.25, -0.2) is 0 Å². The van der Waals surface area contributed by atoms with E-state index in [-0.39, 0.29) is 11.9 Å². The molecule has 1 aliphatic rings. The van der Waals surface area contributed by atoms with Gasteiger partial charge in [0.25, 0.3) is 0 Å². The third-order valence-corrected chi connectivity index (χ3v) is 4.35. The second kappa shape index (κ2) is 8.03. The van der Waals surface area contributed by atoms with Crippen molar-refractivity contribution in [2.75, 3.05) is 14.2 Å². The number of nitrogens with two attached hydrogens (primary N) is 1. The number of methoxy groups -OCH3 is 2. The van der Waals surface area contributed by atoms with Crippen molar-refractivity contribution in [1.29, 1.82) is 0 Å². The molecule has 0 aliphatic heterocycles. The fourth-order valence-electron chi connectivity index (χ4n) is 2.99. The fraction of sp³-hybridized carbons (Fsp3) is 0.588. The largest absolute Gasteiger partial charge is 0.493 e. The molecule has 0 radical (unpaired) electrons. The first-order valence-corrected chi connectivity index (χ1v) is 7.87. The molecule has 0 aromatic heterocycles. The molecule has 0 saturated heterocycles. The Labute approximate surface area is 132 Å². The summed E-state index contributed by atoms with van der Waals surface area (Å²) in [6.07, 6.45) is 4.99. The lowest BCUT2D eigenvalue weighted by atomic mass is 9.83. The number of amides is 1. The van der Waals surface area contributed by atoms with E-state index < -0.39 is 0 Å². The van der Waals surface area contributed by atoms with Crippen molar-refractivity contribution in [2.24, 2.45) is 11.7 Å². The fourth-order valence-corrected chi connectivity index (χ4v) is 2.99. The van der Waals surface area contributed by atoms with Gasteiger partial charge in [-0.3, -0.25) is 4.79 Å². The molecule has 1 aromatic rings. The Morgan fingerprint density at radius 2 is 1.95 bits per heavy atom. The first-order chi connectivity index (χ1) is 10.6. The maximum atomic E-state index is 12.1.